The first-order chi connectivity index (χ1) is 16.8. The van der Waals surface area contributed by atoms with Crippen LogP contribution in [0.3, 0.4) is 0 Å². The Balaban J connectivity index is 1.83. The van der Waals surface area contributed by atoms with Crippen LogP contribution in [-0.2, 0) is 14.4 Å². The minimum atomic E-state index is -1.50. The normalized spacial score (nSPS) is 28.9. The standard InChI is InChI=1S/C27H38N2O6/c1-5-6-14-29-24(30)20-21(25(29)31)27(26(32)33,15-17-10-8-7-9-11-17)28-22(20)18-12-13-19(34-3)16(2)23(18)35-4/h12-13,17,20-22,28H,5-11,14-15H2,1-4H3,(H,32,33). The van der Waals surface area contributed by atoms with Crippen LogP contribution in [0.15, 0.2) is 12.1 Å². The molecule has 3 fully saturated rings. The van der Waals surface area contributed by atoms with Crippen LogP contribution in [0.25, 0.3) is 0 Å². The molecule has 0 spiro atoms. The number of carbonyl (C=O) groups is 3. The molecule has 0 aromatic heterocycles. The van der Waals surface area contributed by atoms with Crippen molar-refractivity contribution in [3.05, 3.63) is 23.3 Å². The molecule has 4 unspecified atom stereocenters. The lowest BCUT2D eigenvalue weighted by atomic mass is 9.72. The summed E-state index contributed by atoms with van der Waals surface area (Å²) in [6.07, 6.45) is 7.07. The number of rotatable bonds is 9. The molecule has 0 radical (unpaired) electrons. The number of nitrogens with one attached hydrogen (secondary N) is 1. The van der Waals surface area contributed by atoms with Gasteiger partial charge in [-0.1, -0.05) is 51.5 Å². The third-order valence-corrected chi connectivity index (χ3v) is 8.34. The van der Waals surface area contributed by atoms with E-state index in [4.69, 9.17) is 9.47 Å². The minimum Gasteiger partial charge on any atom is -0.496 e. The van der Waals surface area contributed by atoms with E-state index < -0.39 is 29.4 Å². The van der Waals surface area contributed by atoms with E-state index in [2.05, 4.69) is 5.32 Å². The van der Waals surface area contributed by atoms with Crippen LogP contribution in [0.5, 0.6) is 11.5 Å². The van der Waals surface area contributed by atoms with Crippen molar-refractivity contribution < 1.29 is 29.0 Å². The number of amides is 2. The van der Waals surface area contributed by atoms with E-state index in [1.165, 1.54) is 4.90 Å². The van der Waals surface area contributed by atoms with Gasteiger partial charge < -0.3 is 14.6 Å². The molecule has 4 rings (SSSR count). The van der Waals surface area contributed by atoms with Crippen molar-refractivity contribution in [2.24, 2.45) is 17.8 Å². The van der Waals surface area contributed by atoms with Crippen molar-refractivity contribution in [2.75, 3.05) is 20.8 Å². The number of ether oxygens (including phenoxy) is 2. The quantitative estimate of drug-likeness (QED) is 0.511. The van der Waals surface area contributed by atoms with Gasteiger partial charge in [0.15, 0.2) is 0 Å². The van der Waals surface area contributed by atoms with Crippen molar-refractivity contribution in [3.8, 4) is 11.5 Å². The van der Waals surface area contributed by atoms with Gasteiger partial charge in [0.05, 0.1) is 26.1 Å². The fourth-order valence-corrected chi connectivity index (χ4v) is 6.62. The topological polar surface area (TPSA) is 105 Å². The fraction of sp³-hybridized carbons (Fsp3) is 0.667. The molecule has 192 valence electrons. The van der Waals surface area contributed by atoms with E-state index in [-0.39, 0.29) is 17.7 Å². The maximum Gasteiger partial charge on any atom is 0.324 e. The highest BCUT2D eigenvalue weighted by atomic mass is 16.5. The summed E-state index contributed by atoms with van der Waals surface area (Å²) in [5.74, 6) is -2.03. The third kappa shape index (κ3) is 4.20. The second kappa shape index (κ2) is 10.2. The van der Waals surface area contributed by atoms with Gasteiger partial charge in [-0.2, -0.15) is 0 Å². The Kier molecular flexibility index (Phi) is 7.40. The molecule has 1 aromatic carbocycles. The van der Waals surface area contributed by atoms with Crippen molar-refractivity contribution in [2.45, 2.75) is 76.8 Å². The van der Waals surface area contributed by atoms with Gasteiger partial charge in [0.25, 0.3) is 0 Å². The Morgan fingerprint density at radius 1 is 1.14 bits per heavy atom. The first kappa shape index (κ1) is 25.5. The SMILES string of the molecule is CCCCN1C(=O)C2C(c3ccc(OC)c(C)c3OC)NC(CC3CCCCC3)(C(=O)O)C2C1=O. The number of nitrogens with zero attached hydrogens (tertiary/aromatic N) is 1. The molecular formula is C27H38N2O6. The number of hydrogen-bond acceptors (Lipinski definition) is 6. The zero-order valence-electron chi connectivity index (χ0n) is 21.3. The van der Waals surface area contributed by atoms with Crippen LogP contribution in [-0.4, -0.2) is 54.1 Å². The van der Waals surface area contributed by atoms with E-state index in [0.29, 0.717) is 36.4 Å². The monoisotopic (exact) mass is 486 g/mol. The molecule has 2 heterocycles. The van der Waals surface area contributed by atoms with Crippen molar-refractivity contribution in [1.29, 1.82) is 0 Å². The predicted molar refractivity (Wildman–Crippen MR) is 130 cm³/mol. The van der Waals surface area contributed by atoms with E-state index in [1.54, 1.807) is 14.2 Å². The molecule has 35 heavy (non-hydrogen) atoms. The number of unbranched alkanes of at least 4 members (excludes halogenated alkanes) is 1. The molecule has 2 saturated heterocycles. The third-order valence-electron chi connectivity index (χ3n) is 8.34. The van der Waals surface area contributed by atoms with E-state index in [9.17, 15) is 19.5 Å². The first-order valence-electron chi connectivity index (χ1n) is 12.9. The Morgan fingerprint density at radius 2 is 1.86 bits per heavy atom. The van der Waals surface area contributed by atoms with Crippen molar-refractivity contribution in [1.82, 2.24) is 10.2 Å². The molecule has 8 heteroatoms. The number of likely N-dealkylation sites (tertiary alicyclic amines) is 1. The van der Waals surface area contributed by atoms with Crippen LogP contribution < -0.4 is 14.8 Å². The molecule has 1 aliphatic carbocycles. The zero-order chi connectivity index (χ0) is 25.3. The van der Waals surface area contributed by atoms with Crippen molar-refractivity contribution >= 4 is 17.8 Å². The smallest absolute Gasteiger partial charge is 0.324 e. The molecule has 1 saturated carbocycles. The summed E-state index contributed by atoms with van der Waals surface area (Å²) < 4.78 is 11.2. The minimum absolute atomic E-state index is 0.207. The Morgan fingerprint density at radius 3 is 2.46 bits per heavy atom. The van der Waals surface area contributed by atoms with E-state index in [1.807, 2.05) is 26.0 Å². The van der Waals surface area contributed by atoms with Gasteiger partial charge in [-0.25, -0.2) is 0 Å². The summed E-state index contributed by atoms with van der Waals surface area (Å²) in [7, 11) is 3.13. The van der Waals surface area contributed by atoms with Gasteiger partial charge in [0, 0.05) is 23.7 Å². The van der Waals surface area contributed by atoms with Gasteiger partial charge in [-0.3, -0.25) is 24.6 Å². The summed E-state index contributed by atoms with van der Waals surface area (Å²) in [5, 5.41) is 14.0. The van der Waals surface area contributed by atoms with Crippen LogP contribution in [0.4, 0.5) is 0 Å². The second-order valence-electron chi connectivity index (χ2n) is 10.3. The number of carbonyl (C=O) groups excluding carboxylic acids is 2. The summed E-state index contributed by atoms with van der Waals surface area (Å²) in [4.78, 5) is 41.7. The number of carboxylic acids is 1. The summed E-state index contributed by atoms with van der Waals surface area (Å²) in [6.45, 7) is 4.20. The number of imide groups is 1. The summed E-state index contributed by atoms with van der Waals surface area (Å²) >= 11 is 0. The van der Waals surface area contributed by atoms with E-state index in [0.717, 1.165) is 44.1 Å². The average Bonchev–Trinajstić information content (AvgIpc) is 3.32. The number of methoxy groups -OCH3 is 2. The average molecular weight is 487 g/mol. The largest absolute Gasteiger partial charge is 0.496 e. The molecule has 2 amide bonds. The van der Waals surface area contributed by atoms with Crippen LogP contribution in [0.1, 0.15) is 75.5 Å². The highest BCUT2D eigenvalue weighted by Crippen LogP contribution is 2.53. The predicted octanol–water partition coefficient (Wildman–Crippen LogP) is 3.85. The lowest BCUT2D eigenvalue weighted by Crippen LogP contribution is -2.56. The molecule has 3 aliphatic rings. The number of aliphatic carboxylic acids is 1. The molecule has 2 aliphatic heterocycles. The lowest BCUT2D eigenvalue weighted by molar-refractivity contribution is -0.152. The highest BCUT2D eigenvalue weighted by molar-refractivity contribution is 6.09. The van der Waals surface area contributed by atoms with Gasteiger partial charge in [0.1, 0.15) is 17.0 Å². The summed E-state index contributed by atoms with van der Waals surface area (Å²) in [6, 6.07) is 2.98. The van der Waals surface area contributed by atoms with Crippen molar-refractivity contribution in [3.63, 3.8) is 0 Å². The van der Waals surface area contributed by atoms with Crippen LogP contribution in [0, 0.1) is 24.7 Å². The Labute approximate surface area is 207 Å². The van der Waals surface area contributed by atoms with Crippen LogP contribution >= 0.6 is 0 Å². The van der Waals surface area contributed by atoms with Gasteiger partial charge >= 0.3 is 5.97 Å². The molecular weight excluding hydrogens is 448 g/mol. The maximum absolute atomic E-state index is 13.7. The van der Waals surface area contributed by atoms with Gasteiger partial charge in [-0.15, -0.1) is 0 Å². The van der Waals surface area contributed by atoms with E-state index >= 15 is 0 Å². The highest BCUT2D eigenvalue weighted by Gasteiger charge is 2.68. The second-order valence-corrected chi connectivity index (χ2v) is 10.3. The molecule has 1 aromatic rings. The number of fused-ring (bicyclic) bond motifs is 1. The molecule has 4 atom stereocenters. The number of benzene rings is 1. The van der Waals surface area contributed by atoms with Crippen LogP contribution in [0.2, 0.25) is 0 Å². The first-order valence-corrected chi connectivity index (χ1v) is 12.9. The Hall–Kier alpha value is -2.61. The molecule has 0 bridgehead atoms. The number of carboxylic acid groups (broad SMARTS) is 1. The zero-order valence-corrected chi connectivity index (χ0v) is 21.3. The van der Waals surface area contributed by atoms with Gasteiger partial charge in [0.2, 0.25) is 11.8 Å². The lowest BCUT2D eigenvalue weighted by Gasteiger charge is -2.35. The molecule has 2 N–H and O–H groups in total. The molecule has 8 nitrogen and oxygen atoms in total. The number of hydrogen-bond donors (Lipinski definition) is 2. The Bertz CT molecular complexity index is 988. The van der Waals surface area contributed by atoms with Gasteiger partial charge in [-0.05, 0) is 31.7 Å². The summed E-state index contributed by atoms with van der Waals surface area (Å²) in [5.41, 5.74) is -0.0409. The fourth-order valence-electron chi connectivity index (χ4n) is 6.62. The maximum atomic E-state index is 13.7.